The van der Waals surface area contributed by atoms with Crippen LogP contribution < -0.4 is 0 Å². The van der Waals surface area contributed by atoms with E-state index in [0.29, 0.717) is 11.4 Å². The summed E-state index contributed by atoms with van der Waals surface area (Å²) in [6.45, 7) is 8.81. The zero-order valence-electron chi connectivity index (χ0n) is 14.7. The fraction of sp³-hybridized carbons (Fsp3) is 0.143. The minimum atomic E-state index is 0. The van der Waals surface area contributed by atoms with Gasteiger partial charge in [0.25, 0.3) is 0 Å². The maximum Gasteiger partial charge on any atom is 0.0719 e. The second-order valence-corrected chi connectivity index (χ2v) is 6.11. The van der Waals surface area contributed by atoms with Crippen LogP contribution in [0.5, 0.6) is 0 Å². The number of hydrogen-bond donors (Lipinski definition) is 0. The normalized spacial score (nSPS) is 10.5. The molecule has 0 aliphatic rings. The van der Waals surface area contributed by atoms with E-state index in [4.69, 9.17) is 0 Å². The molecule has 3 nitrogen and oxygen atoms in total. The van der Waals surface area contributed by atoms with Crippen LogP contribution in [-0.2, 0) is 39.3 Å². The Hall–Kier alpha value is -1.68. The third kappa shape index (κ3) is 4.69. The van der Waals surface area contributed by atoms with Gasteiger partial charge in [-0.1, -0.05) is 54.6 Å². The predicted octanol–water partition coefficient (Wildman–Crippen LogP) is 4.23. The molecule has 0 N–H and O–H groups in total. The van der Waals surface area contributed by atoms with E-state index < -0.39 is 0 Å². The maximum absolute atomic E-state index is 4.66. The second-order valence-electron chi connectivity index (χ2n) is 6.11. The molecule has 0 atom stereocenters. The largest absolute Gasteiger partial charge is 0.378 e. The topological polar surface area (TPSA) is 29.0 Å². The van der Waals surface area contributed by atoms with Crippen molar-refractivity contribution in [3.8, 4) is 22.5 Å². The average Bonchev–Trinajstić information content (AvgIpc) is 2.58. The van der Waals surface area contributed by atoms with E-state index in [9.17, 15) is 0 Å². The van der Waals surface area contributed by atoms with Crippen molar-refractivity contribution in [3.63, 3.8) is 0 Å². The van der Waals surface area contributed by atoms with E-state index in [-0.39, 0.29) is 32.7 Å². The summed E-state index contributed by atoms with van der Waals surface area (Å²) in [5.74, 6) is 0. The fourth-order valence-electron chi connectivity index (χ4n) is 2.64. The van der Waals surface area contributed by atoms with Crippen LogP contribution in [-0.4, -0.2) is 29.0 Å². The molecular weight excluding hydrogens is 383 g/mol. The maximum atomic E-state index is 4.66. The second kappa shape index (κ2) is 8.62. The van der Waals surface area contributed by atoms with Gasteiger partial charge in [0.1, 0.15) is 0 Å². The van der Waals surface area contributed by atoms with Crippen LogP contribution in [0.4, 0.5) is 0 Å². The molecule has 125 valence electrons. The van der Waals surface area contributed by atoms with Crippen molar-refractivity contribution >= 4 is 0 Å². The minimum absolute atomic E-state index is 0. The molecule has 0 aliphatic carbocycles. The van der Waals surface area contributed by atoms with Crippen LogP contribution in [0.25, 0.3) is 22.5 Å². The summed E-state index contributed by atoms with van der Waals surface area (Å²) in [6.07, 6.45) is 0. The SMILES string of the molecule is [CH2-]c1nc(-c2ccccc2)c(-c2ccc(CN(C)C)cc2)nc1[CH2-].[Y]. The van der Waals surface area contributed by atoms with Gasteiger partial charge in [-0.15, -0.1) is 0 Å². The molecule has 0 saturated heterocycles. The fourth-order valence-corrected chi connectivity index (χ4v) is 2.64. The molecule has 1 radical (unpaired) electrons. The molecule has 2 aromatic carbocycles. The Kier molecular flexibility index (Phi) is 6.77. The van der Waals surface area contributed by atoms with Gasteiger partial charge >= 0.3 is 0 Å². The first kappa shape index (κ1) is 19.6. The zero-order valence-corrected chi connectivity index (χ0v) is 17.6. The van der Waals surface area contributed by atoms with Gasteiger partial charge in [0, 0.05) is 50.4 Å². The number of rotatable bonds is 4. The van der Waals surface area contributed by atoms with Crippen molar-refractivity contribution in [1.29, 1.82) is 0 Å². The monoisotopic (exact) mass is 404 g/mol. The van der Waals surface area contributed by atoms with Crippen LogP contribution in [0.15, 0.2) is 54.6 Å². The molecule has 3 aromatic rings. The van der Waals surface area contributed by atoms with Gasteiger partial charge in [0.2, 0.25) is 0 Å². The molecule has 0 spiro atoms. The van der Waals surface area contributed by atoms with Gasteiger partial charge < -0.3 is 28.7 Å². The molecular formula is C21H21N3Y-2. The first-order valence-corrected chi connectivity index (χ1v) is 7.90. The van der Waals surface area contributed by atoms with Crippen molar-refractivity contribution < 1.29 is 32.7 Å². The quantitative estimate of drug-likeness (QED) is 0.610. The molecule has 0 saturated carbocycles. The minimum Gasteiger partial charge on any atom is -0.378 e. The third-order valence-electron chi connectivity index (χ3n) is 3.82. The van der Waals surface area contributed by atoms with Crippen LogP contribution >= 0.6 is 0 Å². The zero-order chi connectivity index (χ0) is 17.1. The van der Waals surface area contributed by atoms with E-state index >= 15 is 0 Å². The van der Waals surface area contributed by atoms with Crippen molar-refractivity contribution in [2.75, 3.05) is 14.1 Å². The molecule has 0 fully saturated rings. The first-order chi connectivity index (χ1) is 11.5. The summed E-state index contributed by atoms with van der Waals surface area (Å²) in [5, 5.41) is 0. The Balaban J connectivity index is 0.00000225. The predicted molar refractivity (Wildman–Crippen MR) is 99.2 cm³/mol. The standard InChI is InChI=1S/C21H21N3.Y/c1-15-16(2)23-21(20(22-15)18-8-6-5-7-9-18)19-12-10-17(11-13-19)14-24(3)4;/h5-13H,1-2,14H2,3-4H3;/q-2;. The number of hydrogen-bond acceptors (Lipinski definition) is 3. The molecule has 0 aliphatic heterocycles. The molecule has 3 rings (SSSR count). The van der Waals surface area contributed by atoms with Gasteiger partial charge in [0.15, 0.2) is 0 Å². The number of nitrogens with zero attached hydrogens (tertiary/aromatic N) is 3. The Morgan fingerprint density at radius 1 is 0.760 bits per heavy atom. The molecule has 0 bridgehead atoms. The van der Waals surface area contributed by atoms with Crippen molar-refractivity contribution in [2.24, 2.45) is 0 Å². The summed E-state index contributed by atoms with van der Waals surface area (Å²) < 4.78 is 0. The van der Waals surface area contributed by atoms with Crippen LogP contribution in [0.2, 0.25) is 0 Å². The van der Waals surface area contributed by atoms with E-state index in [1.165, 1.54) is 5.56 Å². The van der Waals surface area contributed by atoms with E-state index in [1.54, 1.807) is 0 Å². The summed E-state index contributed by atoms with van der Waals surface area (Å²) in [6, 6.07) is 18.5. The van der Waals surface area contributed by atoms with Gasteiger partial charge in [-0.2, -0.15) is 0 Å². The van der Waals surface area contributed by atoms with Crippen molar-refractivity contribution in [1.82, 2.24) is 14.9 Å². The van der Waals surface area contributed by atoms with Crippen LogP contribution in [0.1, 0.15) is 17.0 Å². The molecule has 4 heteroatoms. The Morgan fingerprint density at radius 3 is 1.72 bits per heavy atom. The third-order valence-corrected chi connectivity index (χ3v) is 3.82. The Bertz CT molecular complexity index is 828. The summed E-state index contributed by atoms with van der Waals surface area (Å²) in [4.78, 5) is 11.5. The van der Waals surface area contributed by atoms with E-state index in [0.717, 1.165) is 29.1 Å². The van der Waals surface area contributed by atoms with Crippen molar-refractivity contribution in [3.05, 3.63) is 85.4 Å². The van der Waals surface area contributed by atoms with E-state index in [1.807, 2.05) is 30.3 Å². The molecule has 0 amide bonds. The summed E-state index contributed by atoms with van der Waals surface area (Å²) >= 11 is 0. The Morgan fingerprint density at radius 2 is 1.24 bits per heavy atom. The van der Waals surface area contributed by atoms with Crippen molar-refractivity contribution in [2.45, 2.75) is 6.54 Å². The van der Waals surface area contributed by atoms with Gasteiger partial charge in [-0.05, 0) is 19.7 Å². The van der Waals surface area contributed by atoms with Gasteiger partial charge in [0.05, 0.1) is 11.4 Å². The average molecular weight is 404 g/mol. The summed E-state index contributed by atoms with van der Waals surface area (Å²) in [5.41, 5.74) is 6.24. The van der Waals surface area contributed by atoms with E-state index in [2.05, 4.69) is 67.1 Å². The molecule has 1 heterocycles. The number of aromatic nitrogens is 2. The van der Waals surface area contributed by atoms with Gasteiger partial charge in [-0.3, -0.25) is 0 Å². The van der Waals surface area contributed by atoms with Crippen LogP contribution in [0.3, 0.4) is 0 Å². The first-order valence-electron chi connectivity index (χ1n) is 7.90. The molecule has 25 heavy (non-hydrogen) atoms. The Labute approximate surface area is 175 Å². The molecule has 1 aromatic heterocycles. The van der Waals surface area contributed by atoms with Crippen LogP contribution in [0, 0.1) is 13.8 Å². The number of benzene rings is 2. The summed E-state index contributed by atoms with van der Waals surface area (Å²) in [7, 11) is 4.13. The smallest absolute Gasteiger partial charge is 0.0719 e. The molecule has 0 unspecified atom stereocenters. The van der Waals surface area contributed by atoms with Gasteiger partial charge in [-0.25, -0.2) is 11.4 Å².